The third-order valence-electron chi connectivity index (χ3n) is 6.47. The Morgan fingerprint density at radius 2 is 1.67 bits per heavy atom. The summed E-state index contributed by atoms with van der Waals surface area (Å²) in [5.41, 5.74) is 5.09. The minimum Gasteiger partial charge on any atom is -0.454 e. The first-order valence-electron chi connectivity index (χ1n) is 10.6. The Bertz CT molecular complexity index is 1480. The molecule has 2 bridgehead atoms. The van der Waals surface area contributed by atoms with E-state index in [0.29, 0.717) is 0 Å². The van der Waals surface area contributed by atoms with Crippen LogP contribution in [0, 0.1) is 0 Å². The van der Waals surface area contributed by atoms with Crippen LogP contribution in [-0.2, 0) is 4.79 Å². The van der Waals surface area contributed by atoms with Crippen molar-refractivity contribution in [1.29, 1.82) is 0 Å². The summed E-state index contributed by atoms with van der Waals surface area (Å²) in [6.45, 7) is 0.208. The van der Waals surface area contributed by atoms with E-state index >= 15 is 0 Å². The minimum absolute atomic E-state index is 0.0711. The lowest BCUT2D eigenvalue weighted by Gasteiger charge is -2.35. The molecule has 7 heteroatoms. The third-order valence-corrected chi connectivity index (χ3v) is 7.58. The first-order valence-corrected chi connectivity index (χ1v) is 11.5. The quantitative estimate of drug-likeness (QED) is 0.387. The fraction of sp³-hybridized carbons (Fsp3) is 0.115. The molecule has 0 aliphatic carbocycles. The number of imide groups is 1. The average Bonchev–Trinajstić information content (AvgIpc) is 3.55. The molecular formula is C26H16N2O4S. The molecule has 2 unspecified atom stereocenters. The van der Waals surface area contributed by atoms with Gasteiger partial charge >= 0.3 is 0 Å². The Balaban J connectivity index is 1.29. The third kappa shape index (κ3) is 2.72. The molecule has 0 saturated carbocycles. The number of carbonyl (C=O) groups excluding carboxylic acids is 2. The van der Waals surface area contributed by atoms with Crippen LogP contribution in [0.5, 0.6) is 11.5 Å². The van der Waals surface area contributed by atoms with Gasteiger partial charge in [-0.1, -0.05) is 24.3 Å². The number of pyridine rings is 1. The zero-order valence-electron chi connectivity index (χ0n) is 17.2. The van der Waals surface area contributed by atoms with Crippen molar-refractivity contribution in [2.45, 2.75) is 11.3 Å². The first kappa shape index (κ1) is 18.7. The number of ether oxygens (including phenoxy) is 2. The monoisotopic (exact) mass is 452 g/mol. The van der Waals surface area contributed by atoms with Crippen molar-refractivity contribution < 1.29 is 19.1 Å². The second-order valence-electron chi connectivity index (χ2n) is 8.27. The average molecular weight is 452 g/mol. The van der Waals surface area contributed by atoms with Crippen LogP contribution in [-0.4, -0.2) is 33.1 Å². The summed E-state index contributed by atoms with van der Waals surface area (Å²) in [6, 6.07) is 20.4. The molecule has 160 valence electrons. The maximum Gasteiger partial charge on any atom is 0.289 e. The van der Waals surface area contributed by atoms with Gasteiger partial charge in [-0.05, 0) is 81.2 Å². The van der Waals surface area contributed by atoms with E-state index in [4.69, 9.17) is 9.47 Å². The molecule has 5 heterocycles. The highest BCUT2D eigenvalue weighted by molar-refractivity contribution is 8.15. The summed E-state index contributed by atoms with van der Waals surface area (Å²) < 4.78 is 11.5. The molecule has 4 aliphatic heterocycles. The number of carbonyl (C=O) groups is 2. The summed E-state index contributed by atoms with van der Waals surface area (Å²) in [5.74, 6) is 1.41. The number of thioether (sulfide) groups is 1. The van der Waals surface area contributed by atoms with Crippen molar-refractivity contribution in [3.8, 4) is 33.8 Å². The zero-order valence-corrected chi connectivity index (χ0v) is 18.0. The van der Waals surface area contributed by atoms with Gasteiger partial charge in [-0.2, -0.15) is 0 Å². The van der Waals surface area contributed by atoms with E-state index < -0.39 is 0 Å². The fourth-order valence-corrected chi connectivity index (χ4v) is 5.98. The fourth-order valence-electron chi connectivity index (χ4n) is 4.82. The van der Waals surface area contributed by atoms with Crippen molar-refractivity contribution >= 4 is 33.7 Å². The Kier molecular flexibility index (Phi) is 3.87. The van der Waals surface area contributed by atoms with Crippen LogP contribution in [0.4, 0.5) is 4.79 Å². The number of benzene rings is 3. The molecule has 0 spiro atoms. The molecule has 3 saturated heterocycles. The van der Waals surface area contributed by atoms with Crippen LogP contribution in [0.2, 0.25) is 0 Å². The Morgan fingerprint density at radius 1 is 0.848 bits per heavy atom. The predicted molar refractivity (Wildman–Crippen MR) is 125 cm³/mol. The van der Waals surface area contributed by atoms with Gasteiger partial charge in [0.15, 0.2) is 11.5 Å². The van der Waals surface area contributed by atoms with Gasteiger partial charge in [-0.3, -0.25) is 19.5 Å². The van der Waals surface area contributed by atoms with Crippen molar-refractivity contribution in [3.63, 3.8) is 0 Å². The number of hydrogen-bond donors (Lipinski definition) is 0. The number of rotatable bonds is 3. The summed E-state index contributed by atoms with van der Waals surface area (Å²) >= 11 is 1.13. The second-order valence-corrected chi connectivity index (χ2v) is 9.37. The molecule has 2 amide bonds. The summed E-state index contributed by atoms with van der Waals surface area (Å²) in [5, 5.41) is 1.75. The van der Waals surface area contributed by atoms with E-state index in [1.807, 2.05) is 24.3 Å². The molecule has 8 rings (SSSR count). The standard InChI is InChI=1S/C26H16N2O4S/c29-25-24-22(28(25)26(30)33-24)18-4-3-15-9-17(2-1-16(15)10-18)19-11-20(14-5-7-27-8-6-14)23-21(12-19)31-13-32-23/h1-12,22,24H,13H2. The van der Waals surface area contributed by atoms with Crippen molar-refractivity contribution in [2.75, 3.05) is 6.79 Å². The van der Waals surface area contributed by atoms with Crippen LogP contribution >= 0.6 is 11.8 Å². The zero-order chi connectivity index (χ0) is 22.1. The largest absolute Gasteiger partial charge is 0.454 e. The van der Waals surface area contributed by atoms with Gasteiger partial charge in [0.2, 0.25) is 12.7 Å². The van der Waals surface area contributed by atoms with Crippen LogP contribution in [0.1, 0.15) is 11.6 Å². The molecular weight excluding hydrogens is 436 g/mol. The number of fused-ring (bicyclic) bond motifs is 3. The highest BCUT2D eigenvalue weighted by Crippen LogP contribution is 2.52. The van der Waals surface area contributed by atoms with Gasteiger partial charge in [0.1, 0.15) is 5.25 Å². The Hall–Kier alpha value is -3.84. The molecule has 0 N–H and O–H groups in total. The highest BCUT2D eigenvalue weighted by Gasteiger charge is 2.59. The van der Waals surface area contributed by atoms with Crippen LogP contribution < -0.4 is 9.47 Å². The number of amides is 2. The SMILES string of the molecule is O=C1SC2C(=O)N1C2c1ccc2cc(-c3cc4c(c(-c5ccncc5)c3)OCO4)ccc2c1. The van der Waals surface area contributed by atoms with E-state index in [9.17, 15) is 9.59 Å². The number of aromatic nitrogens is 1. The van der Waals surface area contributed by atoms with E-state index in [-0.39, 0.29) is 29.2 Å². The summed E-state index contributed by atoms with van der Waals surface area (Å²) in [4.78, 5) is 29.4. The van der Waals surface area contributed by atoms with Crippen molar-refractivity contribution in [2.24, 2.45) is 0 Å². The van der Waals surface area contributed by atoms with E-state index in [1.54, 1.807) is 12.4 Å². The van der Waals surface area contributed by atoms with Crippen molar-refractivity contribution in [1.82, 2.24) is 9.88 Å². The number of β-lactam (4-membered cyclic amide) rings is 1. The van der Waals surface area contributed by atoms with E-state index in [0.717, 1.165) is 61.9 Å². The second kappa shape index (κ2) is 6.83. The van der Waals surface area contributed by atoms with Crippen molar-refractivity contribution in [3.05, 3.63) is 78.6 Å². The molecule has 4 aromatic rings. The number of nitrogens with zero attached hydrogens (tertiary/aromatic N) is 2. The molecule has 33 heavy (non-hydrogen) atoms. The van der Waals surface area contributed by atoms with E-state index in [2.05, 4.69) is 41.4 Å². The smallest absolute Gasteiger partial charge is 0.289 e. The highest BCUT2D eigenvalue weighted by atomic mass is 32.2. The molecule has 0 radical (unpaired) electrons. The maximum absolute atomic E-state index is 12.0. The maximum atomic E-state index is 12.0. The molecule has 3 fully saturated rings. The molecule has 3 aromatic carbocycles. The lowest BCUT2D eigenvalue weighted by molar-refractivity contribution is -0.137. The summed E-state index contributed by atoms with van der Waals surface area (Å²) in [7, 11) is 0. The molecule has 4 aliphatic rings. The number of hydrogen-bond acceptors (Lipinski definition) is 6. The molecule has 2 atom stereocenters. The Morgan fingerprint density at radius 3 is 2.45 bits per heavy atom. The lowest BCUT2D eigenvalue weighted by atomic mass is 9.91. The lowest BCUT2D eigenvalue weighted by Crippen LogP contribution is -2.50. The van der Waals surface area contributed by atoms with Crippen LogP contribution in [0.15, 0.2) is 73.1 Å². The van der Waals surface area contributed by atoms with Gasteiger partial charge in [-0.15, -0.1) is 0 Å². The first-order chi connectivity index (χ1) is 16.2. The Labute approximate surface area is 193 Å². The predicted octanol–water partition coefficient (Wildman–Crippen LogP) is 5.42. The molecule has 6 nitrogen and oxygen atoms in total. The van der Waals surface area contributed by atoms with Gasteiger partial charge in [-0.25, -0.2) is 0 Å². The summed E-state index contributed by atoms with van der Waals surface area (Å²) in [6.07, 6.45) is 3.53. The van der Waals surface area contributed by atoms with E-state index in [1.165, 1.54) is 4.90 Å². The van der Waals surface area contributed by atoms with Crippen LogP contribution in [0.25, 0.3) is 33.0 Å². The van der Waals surface area contributed by atoms with Gasteiger partial charge in [0, 0.05) is 18.0 Å². The van der Waals surface area contributed by atoms with Gasteiger partial charge in [0.25, 0.3) is 5.24 Å². The van der Waals surface area contributed by atoms with Gasteiger partial charge in [0.05, 0.1) is 6.04 Å². The molecule has 1 aromatic heterocycles. The van der Waals surface area contributed by atoms with Gasteiger partial charge < -0.3 is 9.47 Å². The topological polar surface area (TPSA) is 68.7 Å². The van der Waals surface area contributed by atoms with Crippen LogP contribution in [0.3, 0.4) is 0 Å². The normalized spacial score (nSPS) is 20.4. The minimum atomic E-state index is -0.269.